The third-order valence-corrected chi connectivity index (χ3v) is 8.56. The molecule has 3 rings (SSSR count). The Bertz CT molecular complexity index is 1040. The molecule has 1 unspecified atom stereocenters. The van der Waals surface area contributed by atoms with Crippen molar-refractivity contribution < 1.29 is 29.3 Å². The smallest absolute Gasteiger partial charge is 0.309 e. The molecule has 2 aliphatic heterocycles. The van der Waals surface area contributed by atoms with Crippen LogP contribution < -0.4 is 0 Å². The van der Waals surface area contributed by atoms with Gasteiger partial charge in [-0.15, -0.1) is 11.3 Å². The number of cyclic esters (lactones) is 1. The van der Waals surface area contributed by atoms with E-state index in [-0.39, 0.29) is 18.1 Å². The van der Waals surface area contributed by atoms with E-state index in [4.69, 9.17) is 9.47 Å². The number of hydrogen-bond donors (Lipinski definition) is 2. The molecule has 0 bridgehead atoms. The summed E-state index contributed by atoms with van der Waals surface area (Å²) in [4.78, 5) is 30.6. The highest BCUT2D eigenvalue weighted by atomic mass is 32.1. The number of aromatic nitrogens is 1. The number of carbonyl (C=O) groups excluding carboxylic acids is 2. The lowest BCUT2D eigenvalue weighted by Crippen LogP contribution is -2.45. The van der Waals surface area contributed by atoms with E-state index in [2.05, 4.69) is 11.1 Å². The molecule has 8 nitrogen and oxygen atoms in total. The van der Waals surface area contributed by atoms with E-state index in [0.717, 1.165) is 16.3 Å². The first-order valence-electron chi connectivity index (χ1n) is 12.6. The molecule has 0 aromatic carbocycles. The number of thiazole rings is 1. The predicted octanol–water partition coefficient (Wildman–Crippen LogP) is 3.98. The van der Waals surface area contributed by atoms with Gasteiger partial charge in [0.15, 0.2) is 5.60 Å². The fourth-order valence-corrected chi connectivity index (χ4v) is 5.57. The van der Waals surface area contributed by atoms with Gasteiger partial charge in [-0.05, 0) is 50.7 Å². The monoisotopic (exact) mass is 518 g/mol. The van der Waals surface area contributed by atoms with Gasteiger partial charge in [-0.1, -0.05) is 27.7 Å². The number of rotatable bonds is 2. The number of aryl methyl sites for hydroxylation is 1. The number of nitriles is 1. The van der Waals surface area contributed by atoms with E-state index in [1.54, 1.807) is 20.8 Å². The zero-order valence-electron chi connectivity index (χ0n) is 22.0. The maximum absolute atomic E-state index is 13.2. The van der Waals surface area contributed by atoms with Crippen LogP contribution >= 0.6 is 11.3 Å². The first-order chi connectivity index (χ1) is 16.8. The quantitative estimate of drug-likeness (QED) is 0.444. The average molecular weight is 519 g/mol. The van der Waals surface area contributed by atoms with E-state index in [9.17, 15) is 25.1 Å². The number of aliphatic hydroxyl groups excluding tert-OH is 2. The maximum atomic E-state index is 13.2. The molecule has 0 spiro atoms. The Kier molecular flexibility index (Phi) is 8.77. The second-order valence-corrected chi connectivity index (χ2v) is 12.0. The maximum Gasteiger partial charge on any atom is 0.309 e. The number of carbonyl (C=O) groups is 2. The van der Waals surface area contributed by atoms with Crippen molar-refractivity contribution >= 4 is 29.2 Å². The highest BCUT2D eigenvalue weighted by Crippen LogP contribution is 2.45. The van der Waals surface area contributed by atoms with Gasteiger partial charge < -0.3 is 19.7 Å². The SMILES string of the molecule is C/C(=C\c1csc(C)n1)[C@@H]1C[C@@H]2O[C@]2(C#N)CCC[C@H](C)C(O)[C@@H](C)C(=O)C(C)(C)[C@@H](O)CC(=O)O1. The number of aliphatic hydroxyl groups is 2. The number of esters is 1. The lowest BCUT2D eigenvalue weighted by atomic mass is 9.73. The Morgan fingerprint density at radius 3 is 2.61 bits per heavy atom. The van der Waals surface area contributed by atoms with Crippen molar-refractivity contribution in [2.24, 2.45) is 17.3 Å². The second kappa shape index (κ2) is 11.1. The Labute approximate surface area is 217 Å². The van der Waals surface area contributed by atoms with Crippen LogP contribution in [0, 0.1) is 35.5 Å². The minimum absolute atomic E-state index is 0.179. The van der Waals surface area contributed by atoms with Crippen LogP contribution in [0.15, 0.2) is 11.0 Å². The normalized spacial score (nSPS) is 36.5. The van der Waals surface area contributed by atoms with E-state index in [0.29, 0.717) is 25.7 Å². The van der Waals surface area contributed by atoms with Gasteiger partial charge in [0.1, 0.15) is 24.1 Å². The molecular weight excluding hydrogens is 480 g/mol. The van der Waals surface area contributed by atoms with Gasteiger partial charge in [0.05, 0.1) is 34.7 Å². The molecule has 2 aliphatic rings. The first kappa shape index (κ1) is 28.5. The van der Waals surface area contributed by atoms with E-state index in [1.807, 2.05) is 32.2 Å². The van der Waals surface area contributed by atoms with Crippen LogP contribution in [0.1, 0.15) is 77.4 Å². The standard InChI is InChI=1S/C27H38N2O6S/c1-15-8-7-9-27(14-28)22(35-27)11-20(16(2)10-19-13-36-18(4)29-19)34-23(31)12-21(30)26(5,6)25(33)17(3)24(15)32/h10,13,15,17,20-22,24,30,32H,7-9,11-12H2,1-6H3/b16-10+/t15-,17+,20-,21-,22-,24?,27-/m0/s1. The molecule has 0 saturated carbocycles. The van der Waals surface area contributed by atoms with E-state index >= 15 is 0 Å². The second-order valence-electron chi connectivity index (χ2n) is 11.0. The lowest BCUT2D eigenvalue weighted by molar-refractivity contribution is -0.154. The van der Waals surface area contributed by atoms with Gasteiger partial charge in [0.2, 0.25) is 0 Å². The summed E-state index contributed by atoms with van der Waals surface area (Å²) in [6, 6.07) is 2.29. The third kappa shape index (κ3) is 6.23. The first-order valence-corrected chi connectivity index (χ1v) is 13.5. The van der Waals surface area contributed by atoms with Crippen LogP contribution in [-0.4, -0.2) is 57.0 Å². The van der Waals surface area contributed by atoms with Crippen LogP contribution in [0.4, 0.5) is 0 Å². The fourth-order valence-electron chi connectivity index (χ4n) is 5.00. The summed E-state index contributed by atoms with van der Waals surface area (Å²) in [5.41, 5.74) is -0.682. The highest BCUT2D eigenvalue weighted by molar-refractivity contribution is 7.09. The van der Waals surface area contributed by atoms with Crippen LogP contribution in [-0.2, 0) is 19.1 Å². The molecule has 3 heterocycles. The van der Waals surface area contributed by atoms with Gasteiger partial charge in [-0.2, -0.15) is 5.26 Å². The average Bonchev–Trinajstić information content (AvgIpc) is 3.35. The van der Waals surface area contributed by atoms with E-state index in [1.165, 1.54) is 11.3 Å². The van der Waals surface area contributed by atoms with Gasteiger partial charge in [-0.25, -0.2) is 4.98 Å². The Morgan fingerprint density at radius 2 is 2.00 bits per heavy atom. The number of ether oxygens (including phenoxy) is 2. The molecule has 2 saturated heterocycles. The summed E-state index contributed by atoms with van der Waals surface area (Å²) < 4.78 is 11.6. The molecule has 7 atom stereocenters. The Morgan fingerprint density at radius 1 is 1.31 bits per heavy atom. The Hall–Kier alpha value is -2.12. The van der Waals surface area contributed by atoms with Crippen molar-refractivity contribution in [2.45, 2.75) is 104 Å². The van der Waals surface area contributed by atoms with Crippen LogP contribution in [0.25, 0.3) is 6.08 Å². The number of nitrogens with zero attached hydrogens (tertiary/aromatic N) is 2. The third-order valence-electron chi connectivity index (χ3n) is 7.77. The lowest BCUT2D eigenvalue weighted by Gasteiger charge is -2.34. The molecular formula is C27H38N2O6S. The zero-order chi connectivity index (χ0) is 26.8. The Balaban J connectivity index is 1.89. The minimum atomic E-state index is -1.28. The zero-order valence-corrected chi connectivity index (χ0v) is 22.8. The number of ketones is 1. The van der Waals surface area contributed by atoms with E-state index < -0.39 is 47.3 Å². The summed E-state index contributed by atoms with van der Waals surface area (Å²) in [6.45, 7) is 10.5. The molecule has 2 fully saturated rings. The molecule has 0 aliphatic carbocycles. The highest BCUT2D eigenvalue weighted by Gasteiger charge is 2.57. The van der Waals surface area contributed by atoms with Gasteiger partial charge in [0, 0.05) is 17.7 Å². The fraction of sp³-hybridized carbons (Fsp3) is 0.704. The largest absolute Gasteiger partial charge is 0.458 e. The number of fused-ring (bicyclic) bond motifs is 1. The van der Waals surface area contributed by atoms with Crippen LogP contribution in [0.2, 0.25) is 0 Å². The van der Waals surface area contributed by atoms with Crippen molar-refractivity contribution in [2.75, 3.05) is 0 Å². The van der Waals surface area contributed by atoms with Crippen molar-refractivity contribution in [3.63, 3.8) is 0 Å². The van der Waals surface area contributed by atoms with Crippen LogP contribution in [0.5, 0.6) is 0 Å². The summed E-state index contributed by atoms with van der Waals surface area (Å²) in [6.07, 6.45) is 0.311. The van der Waals surface area contributed by atoms with Crippen molar-refractivity contribution in [1.82, 2.24) is 4.98 Å². The molecule has 1 aromatic heterocycles. The van der Waals surface area contributed by atoms with Gasteiger partial charge in [-0.3, -0.25) is 9.59 Å². The molecule has 198 valence electrons. The van der Waals surface area contributed by atoms with Crippen molar-refractivity contribution in [3.05, 3.63) is 21.7 Å². The molecule has 9 heteroatoms. The summed E-state index contributed by atoms with van der Waals surface area (Å²) in [5, 5.41) is 34.4. The molecule has 1 aromatic rings. The minimum Gasteiger partial charge on any atom is -0.458 e. The van der Waals surface area contributed by atoms with Crippen LogP contribution in [0.3, 0.4) is 0 Å². The number of Topliss-reactive ketones (excluding diaryl/α,β-unsaturated/α-hetero) is 1. The molecule has 0 radical (unpaired) electrons. The summed E-state index contributed by atoms with van der Waals surface area (Å²) >= 11 is 1.52. The van der Waals surface area contributed by atoms with Gasteiger partial charge in [0.25, 0.3) is 0 Å². The molecule has 2 N–H and O–H groups in total. The molecule has 0 amide bonds. The van der Waals surface area contributed by atoms with Gasteiger partial charge >= 0.3 is 5.97 Å². The summed E-state index contributed by atoms with van der Waals surface area (Å²) in [5.74, 6) is -1.85. The summed E-state index contributed by atoms with van der Waals surface area (Å²) in [7, 11) is 0. The number of epoxide rings is 1. The predicted molar refractivity (Wildman–Crippen MR) is 136 cm³/mol. The topological polar surface area (TPSA) is 133 Å². The van der Waals surface area contributed by atoms with Crippen molar-refractivity contribution in [3.8, 4) is 6.07 Å². The molecule has 36 heavy (non-hydrogen) atoms. The number of hydrogen-bond acceptors (Lipinski definition) is 9. The van der Waals surface area contributed by atoms with Crippen molar-refractivity contribution in [1.29, 1.82) is 5.26 Å².